The van der Waals surface area contributed by atoms with Crippen LogP contribution in [0.1, 0.15) is 16.5 Å². The molecule has 154 valence electrons. The smallest absolute Gasteiger partial charge is 0.416 e. The Morgan fingerprint density at radius 3 is 2.23 bits per heavy atom. The highest BCUT2D eigenvalue weighted by Gasteiger charge is 2.36. The van der Waals surface area contributed by atoms with E-state index in [1.165, 1.54) is 34.9 Å². The van der Waals surface area contributed by atoms with E-state index < -0.39 is 17.1 Å². The Labute approximate surface area is 174 Å². The number of nitrogens with zero attached hydrogens (tertiary/aromatic N) is 1. The number of benzene rings is 3. The number of carbonyl (C=O) groups excluding carboxylic acids is 1. The van der Waals surface area contributed by atoms with Crippen molar-refractivity contribution in [3.8, 4) is 17.2 Å². The van der Waals surface area contributed by atoms with Crippen molar-refractivity contribution in [2.75, 3.05) is 10.7 Å². The average Bonchev–Trinajstić information content (AvgIpc) is 3.11. The largest absolute Gasteiger partial charge is 0.508 e. The molecule has 1 aliphatic rings. The van der Waals surface area contributed by atoms with E-state index in [4.69, 9.17) is 4.74 Å². The van der Waals surface area contributed by atoms with Crippen LogP contribution in [-0.2, 0) is 11.0 Å². The molecule has 4 rings (SSSR count). The van der Waals surface area contributed by atoms with Crippen molar-refractivity contribution >= 4 is 23.4 Å². The fourth-order valence-corrected chi connectivity index (χ4v) is 4.31. The number of amides is 1. The molecule has 1 amide bonds. The molecule has 0 aliphatic carbocycles. The molecule has 3 aromatic carbocycles. The van der Waals surface area contributed by atoms with Crippen molar-refractivity contribution in [3.05, 3.63) is 83.9 Å². The third-order valence-corrected chi connectivity index (χ3v) is 5.77. The molecular formula is C22H16F3NO3S. The van der Waals surface area contributed by atoms with Gasteiger partial charge in [0.15, 0.2) is 0 Å². The minimum absolute atomic E-state index is 0.128. The van der Waals surface area contributed by atoms with Crippen LogP contribution >= 0.6 is 11.8 Å². The normalized spacial score (nSPS) is 16.7. The first kappa shape index (κ1) is 20.2. The van der Waals surface area contributed by atoms with Gasteiger partial charge in [0.25, 0.3) is 0 Å². The van der Waals surface area contributed by atoms with E-state index in [9.17, 15) is 23.1 Å². The molecule has 3 aromatic rings. The van der Waals surface area contributed by atoms with Crippen LogP contribution in [0.3, 0.4) is 0 Å². The molecule has 0 aromatic heterocycles. The molecule has 30 heavy (non-hydrogen) atoms. The molecule has 1 N–H and O–H groups in total. The zero-order chi connectivity index (χ0) is 21.3. The first-order chi connectivity index (χ1) is 14.3. The van der Waals surface area contributed by atoms with Gasteiger partial charge in [0, 0.05) is 5.69 Å². The van der Waals surface area contributed by atoms with Gasteiger partial charge < -0.3 is 9.84 Å². The van der Waals surface area contributed by atoms with Crippen LogP contribution in [-0.4, -0.2) is 16.8 Å². The second-order valence-corrected chi connectivity index (χ2v) is 7.71. The highest BCUT2D eigenvalue weighted by Crippen LogP contribution is 2.43. The van der Waals surface area contributed by atoms with Crippen LogP contribution in [0.5, 0.6) is 17.2 Å². The summed E-state index contributed by atoms with van der Waals surface area (Å²) < 4.78 is 44.9. The lowest BCUT2D eigenvalue weighted by Gasteiger charge is -2.25. The van der Waals surface area contributed by atoms with Gasteiger partial charge >= 0.3 is 6.18 Å². The zero-order valence-electron chi connectivity index (χ0n) is 15.5. The van der Waals surface area contributed by atoms with Gasteiger partial charge in [-0.25, -0.2) is 0 Å². The van der Waals surface area contributed by atoms with Gasteiger partial charge in [-0.2, -0.15) is 13.2 Å². The summed E-state index contributed by atoms with van der Waals surface area (Å²) in [6, 6.07) is 18.1. The molecular weight excluding hydrogens is 415 g/mol. The van der Waals surface area contributed by atoms with Gasteiger partial charge in [-0.15, -0.1) is 11.8 Å². The van der Waals surface area contributed by atoms with Crippen molar-refractivity contribution in [1.29, 1.82) is 0 Å². The number of anilines is 1. The number of phenolic OH excluding ortho intramolecular Hbond substituents is 1. The molecule has 1 heterocycles. The third-order valence-electron chi connectivity index (χ3n) is 4.55. The first-order valence-electron chi connectivity index (χ1n) is 8.99. The molecule has 1 unspecified atom stereocenters. The van der Waals surface area contributed by atoms with Gasteiger partial charge in [-0.1, -0.05) is 12.1 Å². The molecule has 0 radical (unpaired) electrons. The molecule has 8 heteroatoms. The molecule has 1 saturated heterocycles. The number of hydrogen-bond acceptors (Lipinski definition) is 4. The molecule has 1 atom stereocenters. The van der Waals surface area contributed by atoms with E-state index >= 15 is 0 Å². The lowest BCUT2D eigenvalue weighted by molar-refractivity contribution is -0.137. The second kappa shape index (κ2) is 7.95. The Morgan fingerprint density at radius 1 is 0.967 bits per heavy atom. The standard InChI is InChI=1S/C22H16F3NO3S/c23-22(24,25)15-3-1-2-14(12-15)21-26(20(28)13-30-21)16-4-8-18(9-5-16)29-19-10-6-17(27)7-11-19/h1-12,21,27H,13H2. The summed E-state index contributed by atoms with van der Waals surface area (Å²) in [5.74, 6) is 1.21. The SMILES string of the molecule is O=C1CSC(c2cccc(C(F)(F)F)c2)N1c1ccc(Oc2ccc(O)cc2)cc1. The van der Waals surface area contributed by atoms with Gasteiger partial charge in [-0.05, 0) is 66.2 Å². The fourth-order valence-electron chi connectivity index (χ4n) is 3.14. The number of hydrogen-bond donors (Lipinski definition) is 1. The van der Waals surface area contributed by atoms with E-state index in [0.29, 0.717) is 22.7 Å². The summed E-state index contributed by atoms with van der Waals surface area (Å²) in [6.07, 6.45) is -4.44. The fraction of sp³-hybridized carbons (Fsp3) is 0.136. The van der Waals surface area contributed by atoms with Gasteiger partial charge in [0.2, 0.25) is 5.91 Å². The van der Waals surface area contributed by atoms with E-state index in [1.54, 1.807) is 42.5 Å². The Morgan fingerprint density at radius 2 is 1.60 bits per heavy atom. The number of thioether (sulfide) groups is 1. The van der Waals surface area contributed by atoms with Crippen LogP contribution in [0.2, 0.25) is 0 Å². The molecule has 0 bridgehead atoms. The first-order valence-corrected chi connectivity index (χ1v) is 10.0. The predicted octanol–water partition coefficient (Wildman–Crippen LogP) is 5.98. The van der Waals surface area contributed by atoms with Crippen LogP contribution in [0.4, 0.5) is 18.9 Å². The monoisotopic (exact) mass is 431 g/mol. The second-order valence-electron chi connectivity index (χ2n) is 6.64. The van der Waals surface area contributed by atoms with Crippen molar-refractivity contribution in [2.24, 2.45) is 0 Å². The van der Waals surface area contributed by atoms with E-state index in [0.717, 1.165) is 12.1 Å². The van der Waals surface area contributed by atoms with Crippen molar-refractivity contribution in [1.82, 2.24) is 0 Å². The summed E-state index contributed by atoms with van der Waals surface area (Å²) in [7, 11) is 0. The Balaban J connectivity index is 1.57. The number of phenols is 1. The zero-order valence-corrected chi connectivity index (χ0v) is 16.3. The quantitative estimate of drug-likeness (QED) is 0.552. The lowest BCUT2D eigenvalue weighted by atomic mass is 10.1. The minimum atomic E-state index is -4.44. The minimum Gasteiger partial charge on any atom is -0.508 e. The number of halogens is 3. The number of ether oxygens (including phenoxy) is 1. The van der Waals surface area contributed by atoms with E-state index in [1.807, 2.05) is 0 Å². The summed E-state index contributed by atoms with van der Waals surface area (Å²) >= 11 is 1.29. The summed E-state index contributed by atoms with van der Waals surface area (Å²) in [5, 5.41) is 8.79. The number of rotatable bonds is 4. The number of carbonyl (C=O) groups is 1. The van der Waals surface area contributed by atoms with Gasteiger partial charge in [0.1, 0.15) is 22.6 Å². The van der Waals surface area contributed by atoms with Crippen LogP contribution < -0.4 is 9.64 Å². The summed E-state index contributed by atoms with van der Waals surface area (Å²) in [5.41, 5.74) is 0.258. The third kappa shape index (κ3) is 4.23. The lowest BCUT2D eigenvalue weighted by Crippen LogP contribution is -2.27. The van der Waals surface area contributed by atoms with Gasteiger partial charge in [0.05, 0.1) is 11.3 Å². The maximum atomic E-state index is 13.1. The number of aromatic hydroxyl groups is 1. The Kier molecular flexibility index (Phi) is 5.34. The van der Waals surface area contributed by atoms with Crippen molar-refractivity contribution in [2.45, 2.75) is 11.6 Å². The van der Waals surface area contributed by atoms with Crippen LogP contribution in [0.15, 0.2) is 72.8 Å². The van der Waals surface area contributed by atoms with Crippen LogP contribution in [0, 0.1) is 0 Å². The predicted molar refractivity (Wildman–Crippen MR) is 109 cm³/mol. The molecule has 4 nitrogen and oxygen atoms in total. The molecule has 0 saturated carbocycles. The maximum absolute atomic E-state index is 13.1. The Bertz CT molecular complexity index is 1050. The number of alkyl halides is 3. The summed E-state index contributed by atoms with van der Waals surface area (Å²) in [4.78, 5) is 14.0. The highest BCUT2D eigenvalue weighted by molar-refractivity contribution is 8.00. The Hall–Kier alpha value is -3.13. The van der Waals surface area contributed by atoms with E-state index in [-0.39, 0.29) is 17.4 Å². The van der Waals surface area contributed by atoms with Gasteiger partial charge in [-0.3, -0.25) is 9.69 Å². The molecule has 0 spiro atoms. The van der Waals surface area contributed by atoms with E-state index in [2.05, 4.69) is 0 Å². The average molecular weight is 431 g/mol. The molecule has 1 fully saturated rings. The maximum Gasteiger partial charge on any atom is 0.416 e. The van der Waals surface area contributed by atoms with Crippen molar-refractivity contribution < 1.29 is 27.8 Å². The van der Waals surface area contributed by atoms with Crippen molar-refractivity contribution in [3.63, 3.8) is 0 Å². The highest BCUT2D eigenvalue weighted by atomic mass is 32.2. The van der Waals surface area contributed by atoms with Crippen LogP contribution in [0.25, 0.3) is 0 Å². The topological polar surface area (TPSA) is 49.8 Å². The summed E-state index contributed by atoms with van der Waals surface area (Å²) in [6.45, 7) is 0. The molecule has 1 aliphatic heterocycles.